The molecule has 0 aliphatic heterocycles. The van der Waals surface area contributed by atoms with Gasteiger partial charge in [-0.1, -0.05) is 11.6 Å². The number of benzene rings is 1. The summed E-state index contributed by atoms with van der Waals surface area (Å²) in [6.45, 7) is 0. The van der Waals surface area contributed by atoms with Crippen molar-refractivity contribution >= 4 is 29.1 Å². The van der Waals surface area contributed by atoms with Crippen LogP contribution in [0.3, 0.4) is 0 Å². The van der Waals surface area contributed by atoms with Crippen LogP contribution in [0.2, 0.25) is 5.02 Å². The SMILES string of the molecule is COC(=O)c1ccc(Nc2cc(F)ccc2Cl)nc1. The van der Waals surface area contributed by atoms with Crippen LogP contribution in [-0.2, 0) is 4.74 Å². The van der Waals surface area contributed by atoms with Crippen LogP contribution in [0.5, 0.6) is 0 Å². The number of carbonyl (C=O) groups excluding carboxylic acids is 1. The molecule has 1 N–H and O–H groups in total. The quantitative estimate of drug-likeness (QED) is 0.876. The Balaban J connectivity index is 2.19. The van der Waals surface area contributed by atoms with Crippen molar-refractivity contribution in [2.75, 3.05) is 12.4 Å². The third kappa shape index (κ3) is 3.20. The van der Waals surface area contributed by atoms with Gasteiger partial charge in [-0.15, -0.1) is 0 Å². The van der Waals surface area contributed by atoms with Gasteiger partial charge in [0.2, 0.25) is 0 Å². The van der Waals surface area contributed by atoms with E-state index in [4.69, 9.17) is 11.6 Å². The van der Waals surface area contributed by atoms with Crippen molar-refractivity contribution < 1.29 is 13.9 Å². The Morgan fingerprint density at radius 2 is 2.16 bits per heavy atom. The molecule has 0 atom stereocenters. The van der Waals surface area contributed by atoms with E-state index in [0.717, 1.165) is 0 Å². The van der Waals surface area contributed by atoms with Crippen LogP contribution in [0.15, 0.2) is 36.5 Å². The van der Waals surface area contributed by atoms with Gasteiger partial charge >= 0.3 is 5.97 Å². The molecule has 0 aliphatic rings. The number of halogens is 2. The Labute approximate surface area is 114 Å². The van der Waals surface area contributed by atoms with Crippen LogP contribution in [0.25, 0.3) is 0 Å². The molecule has 0 amide bonds. The van der Waals surface area contributed by atoms with Gasteiger partial charge in [0.15, 0.2) is 0 Å². The molecule has 0 saturated heterocycles. The minimum absolute atomic E-state index is 0.332. The van der Waals surface area contributed by atoms with Crippen molar-refractivity contribution in [1.82, 2.24) is 4.98 Å². The molecule has 1 aromatic heterocycles. The fourth-order valence-electron chi connectivity index (χ4n) is 1.44. The van der Waals surface area contributed by atoms with Crippen molar-refractivity contribution in [3.8, 4) is 0 Å². The average molecular weight is 281 g/mol. The van der Waals surface area contributed by atoms with Gasteiger partial charge in [-0.2, -0.15) is 0 Å². The molecule has 1 heterocycles. The number of anilines is 2. The number of methoxy groups -OCH3 is 1. The molecule has 19 heavy (non-hydrogen) atoms. The molecule has 98 valence electrons. The van der Waals surface area contributed by atoms with Crippen LogP contribution in [0, 0.1) is 5.82 Å². The maximum absolute atomic E-state index is 13.1. The van der Waals surface area contributed by atoms with Gasteiger partial charge in [0.05, 0.1) is 23.4 Å². The Hall–Kier alpha value is -2.14. The molecule has 0 radical (unpaired) electrons. The largest absolute Gasteiger partial charge is 0.465 e. The zero-order valence-electron chi connectivity index (χ0n) is 9.98. The molecule has 4 nitrogen and oxygen atoms in total. The molecule has 0 unspecified atom stereocenters. The van der Waals surface area contributed by atoms with E-state index >= 15 is 0 Å². The summed E-state index contributed by atoms with van der Waals surface area (Å²) >= 11 is 5.92. The Morgan fingerprint density at radius 3 is 2.79 bits per heavy atom. The van der Waals surface area contributed by atoms with Gasteiger partial charge in [-0.05, 0) is 30.3 Å². The number of rotatable bonds is 3. The number of aromatic nitrogens is 1. The van der Waals surface area contributed by atoms with E-state index in [2.05, 4.69) is 15.0 Å². The molecule has 6 heteroatoms. The Morgan fingerprint density at radius 1 is 1.37 bits per heavy atom. The maximum atomic E-state index is 13.1. The average Bonchev–Trinajstić information content (AvgIpc) is 2.43. The highest BCUT2D eigenvalue weighted by Crippen LogP contribution is 2.25. The number of ether oxygens (including phenoxy) is 1. The fourth-order valence-corrected chi connectivity index (χ4v) is 1.60. The second-order valence-corrected chi connectivity index (χ2v) is 4.08. The molecule has 2 aromatic rings. The molecule has 0 aliphatic carbocycles. The molecular formula is C13H10ClFN2O2. The van der Waals surface area contributed by atoms with Gasteiger partial charge in [-0.3, -0.25) is 0 Å². The Bertz CT molecular complexity index is 602. The van der Waals surface area contributed by atoms with Gasteiger partial charge in [-0.25, -0.2) is 14.2 Å². The molecule has 2 rings (SSSR count). The number of carbonyl (C=O) groups is 1. The molecule has 1 aromatic carbocycles. The van der Waals surface area contributed by atoms with Crippen LogP contribution >= 0.6 is 11.6 Å². The van der Waals surface area contributed by atoms with Gasteiger partial charge in [0.1, 0.15) is 11.6 Å². The normalized spacial score (nSPS) is 10.1. The number of pyridine rings is 1. The predicted molar refractivity (Wildman–Crippen MR) is 70.3 cm³/mol. The van der Waals surface area contributed by atoms with E-state index in [0.29, 0.717) is 22.1 Å². The molecule has 0 fully saturated rings. The lowest BCUT2D eigenvalue weighted by Crippen LogP contribution is -2.02. The first-order chi connectivity index (χ1) is 9.10. The van der Waals surface area contributed by atoms with Crippen LogP contribution in [-0.4, -0.2) is 18.1 Å². The first-order valence-corrected chi connectivity index (χ1v) is 5.74. The molecule has 0 spiro atoms. The summed E-state index contributed by atoms with van der Waals surface area (Å²) in [5.74, 6) is -0.430. The van der Waals surface area contributed by atoms with Crippen molar-refractivity contribution in [2.45, 2.75) is 0 Å². The van der Waals surface area contributed by atoms with E-state index < -0.39 is 11.8 Å². The third-order valence-electron chi connectivity index (χ3n) is 2.38. The smallest absolute Gasteiger partial charge is 0.339 e. The van der Waals surface area contributed by atoms with Crippen LogP contribution in [0.4, 0.5) is 15.9 Å². The second-order valence-electron chi connectivity index (χ2n) is 3.67. The van der Waals surface area contributed by atoms with E-state index in [1.54, 1.807) is 12.1 Å². The molecule has 0 bridgehead atoms. The van der Waals surface area contributed by atoms with Crippen molar-refractivity contribution in [3.05, 3.63) is 52.9 Å². The summed E-state index contributed by atoms with van der Waals surface area (Å²) in [5.41, 5.74) is 0.735. The van der Waals surface area contributed by atoms with E-state index in [1.807, 2.05) is 0 Å². The predicted octanol–water partition coefficient (Wildman–Crippen LogP) is 3.40. The summed E-state index contributed by atoms with van der Waals surface area (Å²) in [7, 11) is 1.29. The minimum Gasteiger partial charge on any atom is -0.465 e. The number of esters is 1. The monoisotopic (exact) mass is 280 g/mol. The van der Waals surface area contributed by atoms with E-state index in [9.17, 15) is 9.18 Å². The third-order valence-corrected chi connectivity index (χ3v) is 2.71. The summed E-state index contributed by atoms with van der Waals surface area (Å²) < 4.78 is 17.6. The van der Waals surface area contributed by atoms with Crippen molar-refractivity contribution in [2.24, 2.45) is 0 Å². The van der Waals surface area contributed by atoms with Crippen molar-refractivity contribution in [1.29, 1.82) is 0 Å². The van der Waals surface area contributed by atoms with Gasteiger partial charge < -0.3 is 10.1 Å². The standard InChI is InChI=1S/C13H10ClFN2O2/c1-19-13(18)8-2-5-12(16-7-8)17-11-6-9(15)3-4-10(11)14/h2-7H,1H3,(H,16,17). The van der Waals surface area contributed by atoms with Crippen molar-refractivity contribution in [3.63, 3.8) is 0 Å². The molecular weight excluding hydrogens is 271 g/mol. The lowest BCUT2D eigenvalue weighted by molar-refractivity contribution is 0.0600. The zero-order chi connectivity index (χ0) is 13.8. The number of hydrogen-bond donors (Lipinski definition) is 1. The molecule has 0 saturated carbocycles. The summed E-state index contributed by atoms with van der Waals surface area (Å²) in [6.07, 6.45) is 1.36. The topological polar surface area (TPSA) is 51.2 Å². The summed E-state index contributed by atoms with van der Waals surface area (Å²) in [6, 6.07) is 7.10. The highest BCUT2D eigenvalue weighted by atomic mass is 35.5. The number of nitrogens with one attached hydrogen (secondary N) is 1. The Kier molecular flexibility index (Phi) is 3.97. The van der Waals surface area contributed by atoms with Gasteiger partial charge in [0, 0.05) is 6.20 Å². The van der Waals surface area contributed by atoms with Crippen LogP contribution < -0.4 is 5.32 Å². The summed E-state index contributed by atoms with van der Waals surface area (Å²) in [5, 5.41) is 3.24. The highest BCUT2D eigenvalue weighted by molar-refractivity contribution is 6.33. The first kappa shape index (κ1) is 13.3. The van der Waals surface area contributed by atoms with E-state index in [-0.39, 0.29) is 0 Å². The lowest BCUT2D eigenvalue weighted by atomic mass is 10.2. The van der Waals surface area contributed by atoms with E-state index in [1.165, 1.54) is 31.5 Å². The zero-order valence-corrected chi connectivity index (χ0v) is 10.7. The minimum atomic E-state index is -0.470. The lowest BCUT2D eigenvalue weighted by Gasteiger charge is -2.08. The highest BCUT2D eigenvalue weighted by Gasteiger charge is 2.07. The van der Waals surface area contributed by atoms with Crippen LogP contribution in [0.1, 0.15) is 10.4 Å². The maximum Gasteiger partial charge on any atom is 0.339 e. The first-order valence-electron chi connectivity index (χ1n) is 5.36. The second kappa shape index (κ2) is 5.67. The number of hydrogen-bond acceptors (Lipinski definition) is 4. The fraction of sp³-hybridized carbons (Fsp3) is 0.0769. The van der Waals surface area contributed by atoms with Gasteiger partial charge in [0.25, 0.3) is 0 Å². The summed E-state index contributed by atoms with van der Waals surface area (Å²) in [4.78, 5) is 15.2. The number of nitrogens with zero attached hydrogens (tertiary/aromatic N) is 1.